The highest BCUT2D eigenvalue weighted by Gasteiger charge is 2.10. The van der Waals surface area contributed by atoms with Crippen LogP contribution in [-0.2, 0) is 11.3 Å². The number of hydrogen-bond donors (Lipinski definition) is 1. The first-order valence-electron chi connectivity index (χ1n) is 7.94. The van der Waals surface area contributed by atoms with Gasteiger partial charge in [-0.2, -0.15) is 15.6 Å². The topological polar surface area (TPSA) is 94.5 Å². The molecular formula is C20H15N5O. The van der Waals surface area contributed by atoms with Gasteiger partial charge in [-0.25, -0.2) is 0 Å². The number of nitrogens with zero attached hydrogens (tertiary/aromatic N) is 4. The standard InChI is InChI=1S/C20H15N5O/c1-14-9-19(17-7-5-15(11-21)6-8-17)24-25(14)13-20(26)23-18-4-2-3-16(10-18)12-22/h2-10H,13H2,1H3,(H,23,26). The summed E-state index contributed by atoms with van der Waals surface area (Å²) >= 11 is 0. The van der Waals surface area contributed by atoms with Crippen LogP contribution in [-0.4, -0.2) is 15.7 Å². The molecule has 0 aliphatic rings. The van der Waals surface area contributed by atoms with Gasteiger partial charge in [0, 0.05) is 16.9 Å². The van der Waals surface area contributed by atoms with Crippen LogP contribution in [0.2, 0.25) is 0 Å². The van der Waals surface area contributed by atoms with Crippen molar-refractivity contribution in [3.63, 3.8) is 0 Å². The lowest BCUT2D eigenvalue weighted by atomic mass is 10.1. The van der Waals surface area contributed by atoms with Gasteiger partial charge in [-0.15, -0.1) is 0 Å². The summed E-state index contributed by atoms with van der Waals surface area (Å²) in [6.45, 7) is 1.95. The van der Waals surface area contributed by atoms with Gasteiger partial charge in [-0.05, 0) is 43.3 Å². The molecule has 0 radical (unpaired) electrons. The minimum Gasteiger partial charge on any atom is -0.324 e. The Balaban J connectivity index is 1.73. The van der Waals surface area contributed by atoms with E-state index in [4.69, 9.17) is 10.5 Å². The highest BCUT2D eigenvalue weighted by atomic mass is 16.2. The van der Waals surface area contributed by atoms with Gasteiger partial charge in [0.05, 0.1) is 29.0 Å². The lowest BCUT2D eigenvalue weighted by Crippen LogP contribution is -2.20. The van der Waals surface area contributed by atoms with Crippen LogP contribution in [0, 0.1) is 29.6 Å². The van der Waals surface area contributed by atoms with Crippen LogP contribution in [0.15, 0.2) is 54.6 Å². The molecule has 1 heterocycles. The van der Waals surface area contributed by atoms with Gasteiger partial charge >= 0.3 is 0 Å². The molecule has 6 nitrogen and oxygen atoms in total. The maximum absolute atomic E-state index is 12.3. The molecule has 0 saturated heterocycles. The Labute approximate surface area is 150 Å². The predicted octanol–water partition coefficient (Wildman–Crippen LogP) is 3.24. The van der Waals surface area contributed by atoms with Crippen molar-refractivity contribution in [1.82, 2.24) is 9.78 Å². The van der Waals surface area contributed by atoms with E-state index in [9.17, 15) is 4.79 Å². The molecule has 0 aliphatic carbocycles. The second-order valence-corrected chi connectivity index (χ2v) is 5.76. The predicted molar refractivity (Wildman–Crippen MR) is 96.9 cm³/mol. The number of carbonyl (C=O) groups excluding carboxylic acids is 1. The number of anilines is 1. The molecule has 0 bridgehead atoms. The van der Waals surface area contributed by atoms with E-state index in [1.807, 2.05) is 31.2 Å². The normalized spacial score (nSPS) is 9.96. The summed E-state index contributed by atoms with van der Waals surface area (Å²) < 4.78 is 1.62. The second kappa shape index (κ2) is 7.33. The fourth-order valence-electron chi connectivity index (χ4n) is 2.53. The smallest absolute Gasteiger partial charge is 0.246 e. The molecule has 0 saturated carbocycles. The van der Waals surface area contributed by atoms with Gasteiger partial charge < -0.3 is 5.32 Å². The Kier molecular flexibility index (Phi) is 4.78. The molecule has 6 heteroatoms. The number of carbonyl (C=O) groups is 1. The molecule has 1 amide bonds. The van der Waals surface area contributed by atoms with Crippen molar-refractivity contribution >= 4 is 11.6 Å². The SMILES string of the molecule is Cc1cc(-c2ccc(C#N)cc2)nn1CC(=O)Nc1cccc(C#N)c1. The summed E-state index contributed by atoms with van der Waals surface area (Å²) in [5.41, 5.74) is 4.13. The zero-order chi connectivity index (χ0) is 18.5. The number of rotatable bonds is 4. The third-order valence-corrected chi connectivity index (χ3v) is 3.86. The average molecular weight is 341 g/mol. The van der Waals surface area contributed by atoms with Crippen LogP contribution in [0.4, 0.5) is 5.69 Å². The van der Waals surface area contributed by atoms with Crippen molar-refractivity contribution in [3.8, 4) is 23.4 Å². The first-order chi connectivity index (χ1) is 12.6. The quantitative estimate of drug-likeness (QED) is 0.788. The van der Waals surface area contributed by atoms with Gasteiger partial charge in [0.2, 0.25) is 5.91 Å². The monoisotopic (exact) mass is 341 g/mol. The van der Waals surface area contributed by atoms with Crippen LogP contribution >= 0.6 is 0 Å². The Hall–Kier alpha value is -3.90. The fourth-order valence-corrected chi connectivity index (χ4v) is 2.53. The summed E-state index contributed by atoms with van der Waals surface area (Å²) in [5.74, 6) is -0.224. The number of hydrogen-bond acceptors (Lipinski definition) is 4. The molecule has 3 aromatic rings. The third kappa shape index (κ3) is 3.77. The number of nitrogens with one attached hydrogen (secondary N) is 1. The van der Waals surface area contributed by atoms with Crippen molar-refractivity contribution in [3.05, 3.63) is 71.4 Å². The third-order valence-electron chi connectivity index (χ3n) is 3.86. The van der Waals surface area contributed by atoms with E-state index in [1.165, 1.54) is 0 Å². The van der Waals surface area contributed by atoms with Crippen LogP contribution in [0.3, 0.4) is 0 Å². The maximum Gasteiger partial charge on any atom is 0.246 e. The van der Waals surface area contributed by atoms with E-state index < -0.39 is 0 Å². The number of nitriles is 2. The van der Waals surface area contributed by atoms with E-state index >= 15 is 0 Å². The van der Waals surface area contributed by atoms with Crippen molar-refractivity contribution in [2.75, 3.05) is 5.32 Å². The van der Waals surface area contributed by atoms with Gasteiger partial charge in [0.15, 0.2) is 0 Å². The molecule has 2 aromatic carbocycles. The van der Waals surface area contributed by atoms with E-state index in [0.717, 1.165) is 17.0 Å². The molecule has 1 N–H and O–H groups in total. The van der Waals surface area contributed by atoms with Gasteiger partial charge in [-0.3, -0.25) is 9.48 Å². The van der Waals surface area contributed by atoms with Crippen LogP contribution in [0.1, 0.15) is 16.8 Å². The van der Waals surface area contributed by atoms with Crippen molar-refractivity contribution in [2.45, 2.75) is 13.5 Å². The number of aryl methyl sites for hydroxylation is 1. The number of benzene rings is 2. The van der Waals surface area contributed by atoms with Gasteiger partial charge in [0.1, 0.15) is 6.54 Å². The van der Waals surface area contributed by atoms with E-state index in [-0.39, 0.29) is 12.5 Å². The van der Waals surface area contributed by atoms with Crippen LogP contribution < -0.4 is 5.32 Å². The maximum atomic E-state index is 12.3. The number of amides is 1. The van der Waals surface area contributed by atoms with Crippen molar-refractivity contribution < 1.29 is 4.79 Å². The van der Waals surface area contributed by atoms with Gasteiger partial charge in [0.25, 0.3) is 0 Å². The summed E-state index contributed by atoms with van der Waals surface area (Å²) in [4.78, 5) is 12.3. The van der Waals surface area contributed by atoms with Crippen molar-refractivity contribution in [2.24, 2.45) is 0 Å². The van der Waals surface area contributed by atoms with E-state index in [2.05, 4.69) is 16.5 Å². The average Bonchev–Trinajstić information content (AvgIpc) is 3.02. The molecular weight excluding hydrogens is 326 g/mol. The molecule has 0 aliphatic heterocycles. The van der Waals surface area contributed by atoms with Crippen LogP contribution in [0.25, 0.3) is 11.3 Å². The van der Waals surface area contributed by atoms with E-state index in [1.54, 1.807) is 41.1 Å². The minimum atomic E-state index is -0.224. The Morgan fingerprint density at radius 3 is 2.50 bits per heavy atom. The highest BCUT2D eigenvalue weighted by molar-refractivity contribution is 5.90. The summed E-state index contributed by atoms with van der Waals surface area (Å²) in [5, 5.41) is 25.0. The van der Waals surface area contributed by atoms with Crippen molar-refractivity contribution in [1.29, 1.82) is 10.5 Å². The van der Waals surface area contributed by atoms with E-state index in [0.29, 0.717) is 16.8 Å². The molecule has 3 rings (SSSR count). The Morgan fingerprint density at radius 2 is 1.81 bits per heavy atom. The largest absolute Gasteiger partial charge is 0.324 e. The molecule has 126 valence electrons. The number of aromatic nitrogens is 2. The van der Waals surface area contributed by atoms with Crippen LogP contribution in [0.5, 0.6) is 0 Å². The highest BCUT2D eigenvalue weighted by Crippen LogP contribution is 2.19. The summed E-state index contributed by atoms with van der Waals surface area (Å²) in [6, 6.07) is 19.9. The first-order valence-corrected chi connectivity index (χ1v) is 7.94. The Morgan fingerprint density at radius 1 is 1.08 bits per heavy atom. The minimum absolute atomic E-state index is 0.0683. The Bertz CT molecular complexity index is 1040. The zero-order valence-corrected chi connectivity index (χ0v) is 14.1. The van der Waals surface area contributed by atoms with Gasteiger partial charge in [-0.1, -0.05) is 18.2 Å². The summed E-state index contributed by atoms with van der Waals surface area (Å²) in [6.07, 6.45) is 0. The molecule has 26 heavy (non-hydrogen) atoms. The summed E-state index contributed by atoms with van der Waals surface area (Å²) in [7, 11) is 0. The molecule has 0 spiro atoms. The fraction of sp³-hybridized carbons (Fsp3) is 0.100. The lowest BCUT2D eigenvalue weighted by Gasteiger charge is -2.07. The zero-order valence-electron chi connectivity index (χ0n) is 14.1. The molecule has 1 aromatic heterocycles. The lowest BCUT2D eigenvalue weighted by molar-refractivity contribution is -0.116. The first kappa shape index (κ1) is 16.9. The molecule has 0 fully saturated rings. The molecule has 0 atom stereocenters. The second-order valence-electron chi connectivity index (χ2n) is 5.76. The molecule has 0 unspecified atom stereocenters.